The van der Waals surface area contributed by atoms with Crippen molar-refractivity contribution in [1.82, 2.24) is 34.9 Å². The normalized spacial score (nSPS) is 12.0. The number of fused-ring (bicyclic) bond motifs is 1. The number of aliphatic hydroxyl groups excluding tert-OH is 1. The van der Waals surface area contributed by atoms with Gasteiger partial charge in [0.15, 0.2) is 0 Å². The number of carboxylic acids is 3. The van der Waals surface area contributed by atoms with Gasteiger partial charge in [0.1, 0.15) is 17.5 Å². The van der Waals surface area contributed by atoms with Crippen LogP contribution in [0.2, 0.25) is 0 Å². The van der Waals surface area contributed by atoms with Crippen LogP contribution < -0.4 is 10.6 Å². The molecule has 6 N–H and O–H groups in total. The van der Waals surface area contributed by atoms with Gasteiger partial charge >= 0.3 is 17.9 Å². The summed E-state index contributed by atoms with van der Waals surface area (Å²) >= 11 is 0. The highest BCUT2D eigenvalue weighted by Crippen LogP contribution is 2.31. The van der Waals surface area contributed by atoms with E-state index in [0.717, 1.165) is 66.4 Å². The van der Waals surface area contributed by atoms with Crippen LogP contribution in [0.25, 0.3) is 22.2 Å². The van der Waals surface area contributed by atoms with E-state index in [1.807, 2.05) is 35.3 Å². The number of aliphatic hydroxyl groups is 1. The zero-order valence-corrected chi connectivity index (χ0v) is 47.7. The van der Waals surface area contributed by atoms with E-state index in [1.165, 1.54) is 48.8 Å². The minimum atomic E-state index is -1.37. The lowest BCUT2D eigenvalue weighted by molar-refractivity contribution is -0.140. The number of nitrogens with one attached hydrogen (secondary N) is 2. The average Bonchev–Trinajstić information content (AvgIpc) is 4.32. The molecule has 82 heavy (non-hydrogen) atoms. The number of nitrogens with zero attached hydrogens (tertiary/aromatic N) is 5. The second-order valence-corrected chi connectivity index (χ2v) is 20.5. The first-order valence-electron chi connectivity index (χ1n) is 28.6. The van der Waals surface area contributed by atoms with Gasteiger partial charge in [-0.15, -0.1) is 0 Å². The predicted molar refractivity (Wildman–Crippen MR) is 305 cm³/mol. The van der Waals surface area contributed by atoms with E-state index in [1.54, 1.807) is 12.4 Å². The van der Waals surface area contributed by atoms with E-state index in [9.17, 15) is 29.1 Å². The lowest BCUT2D eigenvalue weighted by Gasteiger charge is -2.34. The standard InChI is InChI=1S/C60H85N7O15/c1-45-13-14-46(2)49(37-45)41-67-52-38-48(15-16-51(52)64-59(67)58(76)47-17-25-61-26-18-47)50-39-63-66(40-50)27-34-77-28-12-10-8-6-4-3-5-7-9-11-24-62-53(68)19-29-78-35-36-79-30-20-54(69)65-60(42-80-31-21-55(70)71,43-81-32-22-56(72)73)44-82-33-23-57(74)75/h13-18,25-26,37-40,58,76H,3-12,19-24,27-36,41-44H2,1-2H3,(H,62,68)(H,65,69)(H,70,71)(H,72,73)(H,74,75). The zero-order valence-electron chi connectivity index (χ0n) is 47.7. The average molecular weight is 1140 g/mol. The first kappa shape index (κ1) is 66.1. The van der Waals surface area contributed by atoms with E-state index in [0.29, 0.717) is 32.1 Å². The van der Waals surface area contributed by atoms with Gasteiger partial charge in [-0.2, -0.15) is 5.10 Å². The number of carbonyl (C=O) groups is 5. The minimum absolute atomic E-state index is 0.0247. The van der Waals surface area contributed by atoms with E-state index >= 15 is 0 Å². The molecule has 22 nitrogen and oxygen atoms in total. The summed E-state index contributed by atoms with van der Waals surface area (Å²) in [5.74, 6) is -3.25. The number of pyridine rings is 1. The van der Waals surface area contributed by atoms with Crippen molar-refractivity contribution < 1.29 is 72.8 Å². The molecule has 0 aliphatic carbocycles. The second-order valence-electron chi connectivity index (χ2n) is 20.5. The number of imidazole rings is 1. The number of aryl methyl sites for hydroxylation is 2. The van der Waals surface area contributed by atoms with Crippen LogP contribution in [0.5, 0.6) is 0 Å². The first-order valence-corrected chi connectivity index (χ1v) is 28.6. The summed E-state index contributed by atoms with van der Waals surface area (Å²) in [5.41, 5.74) is 6.68. The Morgan fingerprint density at radius 3 is 1.77 bits per heavy atom. The van der Waals surface area contributed by atoms with Crippen LogP contribution in [0, 0.1) is 13.8 Å². The molecule has 2 aromatic carbocycles. The third-order valence-corrected chi connectivity index (χ3v) is 13.6. The molecule has 2 amide bonds. The summed E-state index contributed by atoms with van der Waals surface area (Å²) in [4.78, 5) is 67.2. The highest BCUT2D eigenvalue weighted by atomic mass is 16.5. The maximum atomic E-state index is 12.9. The maximum absolute atomic E-state index is 12.9. The molecule has 450 valence electrons. The van der Waals surface area contributed by atoms with E-state index in [2.05, 4.69) is 69.5 Å². The van der Waals surface area contributed by atoms with Crippen molar-refractivity contribution in [2.24, 2.45) is 0 Å². The fraction of sp³-hybridized carbons (Fsp3) is 0.567. The monoisotopic (exact) mass is 1140 g/mol. The SMILES string of the molecule is Cc1ccc(C)c(Cn2c(C(O)c3ccncc3)nc3ccc(-c4cnn(CCOCCCCCCCCCCCCNC(=O)CCOCCOCCC(=O)NC(COCCC(=O)O)(COCCC(=O)O)COCCC(=O)O)c4)cc32)c1. The van der Waals surface area contributed by atoms with Crippen molar-refractivity contribution in [1.29, 1.82) is 0 Å². The van der Waals surface area contributed by atoms with Gasteiger partial charge in [-0.25, -0.2) is 4.98 Å². The smallest absolute Gasteiger partial charge is 0.305 e. The molecule has 0 aliphatic heterocycles. The minimum Gasteiger partial charge on any atom is -0.481 e. The lowest BCUT2D eigenvalue weighted by Crippen LogP contribution is -2.59. The molecule has 0 bridgehead atoms. The third kappa shape index (κ3) is 25.2. The van der Waals surface area contributed by atoms with Gasteiger partial charge in [-0.3, -0.25) is 33.6 Å². The molecule has 22 heteroatoms. The van der Waals surface area contributed by atoms with Crippen molar-refractivity contribution in [2.45, 2.75) is 135 Å². The van der Waals surface area contributed by atoms with Crippen molar-refractivity contribution >= 4 is 40.8 Å². The van der Waals surface area contributed by atoms with Crippen molar-refractivity contribution in [3.63, 3.8) is 0 Å². The molecule has 0 saturated heterocycles. The fourth-order valence-electron chi connectivity index (χ4n) is 9.01. The first-order chi connectivity index (χ1) is 39.7. The summed E-state index contributed by atoms with van der Waals surface area (Å²) in [5, 5.41) is 48.8. The Labute approximate surface area is 480 Å². The quantitative estimate of drug-likeness (QED) is 0.0210. The Morgan fingerprint density at radius 1 is 0.598 bits per heavy atom. The summed E-state index contributed by atoms with van der Waals surface area (Å²) < 4.78 is 37.6. The van der Waals surface area contributed by atoms with Crippen LogP contribution >= 0.6 is 0 Å². The number of carbonyl (C=O) groups excluding carboxylic acids is 2. The second kappa shape index (κ2) is 37.4. The van der Waals surface area contributed by atoms with E-state index in [4.69, 9.17) is 48.7 Å². The summed E-state index contributed by atoms with van der Waals surface area (Å²) in [6, 6.07) is 16.3. The number of rotatable bonds is 46. The molecule has 0 fully saturated rings. The van der Waals surface area contributed by atoms with E-state index < -0.39 is 35.5 Å². The van der Waals surface area contributed by atoms with E-state index in [-0.39, 0.29) is 104 Å². The highest BCUT2D eigenvalue weighted by Gasteiger charge is 2.34. The Bertz CT molecular complexity index is 2640. The molecule has 3 aromatic heterocycles. The number of ether oxygens (including phenoxy) is 6. The van der Waals surface area contributed by atoms with Gasteiger partial charge in [0.2, 0.25) is 11.8 Å². The Balaban J connectivity index is 0.852. The van der Waals surface area contributed by atoms with Crippen LogP contribution in [0.15, 0.2) is 73.3 Å². The van der Waals surface area contributed by atoms with Gasteiger partial charge < -0.3 is 64.0 Å². The topological polar surface area (TPSA) is 294 Å². The van der Waals surface area contributed by atoms with Gasteiger partial charge in [-0.1, -0.05) is 81.2 Å². The predicted octanol–water partition coefficient (Wildman–Crippen LogP) is 7.22. The zero-order chi connectivity index (χ0) is 58.8. The molecule has 5 rings (SSSR count). The van der Waals surface area contributed by atoms with Crippen LogP contribution in [-0.2, 0) is 65.5 Å². The van der Waals surface area contributed by atoms with Crippen LogP contribution in [-0.4, -0.2) is 166 Å². The maximum Gasteiger partial charge on any atom is 0.305 e. The molecule has 1 atom stereocenters. The number of aliphatic carboxylic acids is 3. The third-order valence-electron chi connectivity index (χ3n) is 13.6. The number of unbranched alkanes of at least 4 members (excludes halogenated alkanes) is 9. The Morgan fingerprint density at radius 2 is 1.16 bits per heavy atom. The number of hydrogen-bond acceptors (Lipinski definition) is 15. The summed E-state index contributed by atoms with van der Waals surface area (Å²) in [6.45, 7) is 6.74. The Hall–Kier alpha value is -6.66. The number of amides is 2. The van der Waals surface area contributed by atoms with Crippen LogP contribution in [0.4, 0.5) is 0 Å². The van der Waals surface area contributed by atoms with Crippen LogP contribution in [0.1, 0.15) is 130 Å². The number of benzene rings is 2. The molecule has 3 heterocycles. The van der Waals surface area contributed by atoms with Gasteiger partial charge in [0.25, 0.3) is 0 Å². The van der Waals surface area contributed by atoms with Gasteiger partial charge in [0.05, 0.1) is 116 Å². The molecule has 0 aliphatic rings. The molecule has 1 unspecified atom stereocenters. The van der Waals surface area contributed by atoms with Gasteiger partial charge in [-0.05, 0) is 73.2 Å². The van der Waals surface area contributed by atoms with Crippen molar-refractivity contribution in [3.8, 4) is 11.1 Å². The fourth-order valence-corrected chi connectivity index (χ4v) is 9.01. The Kier molecular flexibility index (Phi) is 30.2. The largest absolute Gasteiger partial charge is 0.481 e. The molecule has 0 spiro atoms. The molecular weight excluding hydrogens is 1060 g/mol. The number of hydrogen-bond donors (Lipinski definition) is 6. The molecule has 0 radical (unpaired) electrons. The highest BCUT2D eigenvalue weighted by molar-refractivity contribution is 5.83. The summed E-state index contributed by atoms with van der Waals surface area (Å²) in [7, 11) is 0. The van der Waals surface area contributed by atoms with Gasteiger partial charge in [0, 0.05) is 56.7 Å². The van der Waals surface area contributed by atoms with Crippen LogP contribution in [0.3, 0.4) is 0 Å². The number of carboxylic acid groups (broad SMARTS) is 3. The van der Waals surface area contributed by atoms with Crippen molar-refractivity contribution in [2.75, 3.05) is 85.8 Å². The molecular formula is C60H85N7O15. The summed E-state index contributed by atoms with van der Waals surface area (Å²) in [6.07, 6.45) is 16.9. The lowest BCUT2D eigenvalue weighted by atomic mass is 10.0. The van der Waals surface area contributed by atoms with Crippen molar-refractivity contribution in [3.05, 3.63) is 101 Å². The molecule has 5 aromatic rings. The number of aromatic nitrogens is 5. The molecule has 0 saturated carbocycles.